The van der Waals surface area contributed by atoms with Gasteiger partial charge in [-0.05, 0) is 0 Å². The summed E-state index contributed by atoms with van der Waals surface area (Å²) in [4.78, 5) is 11.8. The third kappa shape index (κ3) is 4.82. The van der Waals surface area contributed by atoms with Gasteiger partial charge in [-0.3, -0.25) is 10.1 Å². The molecule has 9 heteroatoms. The quantitative estimate of drug-likeness (QED) is 0.881. The van der Waals surface area contributed by atoms with E-state index in [9.17, 15) is 13.6 Å². The van der Waals surface area contributed by atoms with Gasteiger partial charge in [-0.15, -0.1) is 22.6 Å². The average molecular weight is 341 g/mol. The molecule has 21 heavy (non-hydrogen) atoms. The van der Waals surface area contributed by atoms with Crippen molar-refractivity contribution in [3.05, 3.63) is 10.0 Å². The Labute approximate surface area is 132 Å². The van der Waals surface area contributed by atoms with Crippen molar-refractivity contribution in [2.24, 2.45) is 0 Å². The van der Waals surface area contributed by atoms with Crippen LogP contribution in [0, 0.1) is 0 Å². The van der Waals surface area contributed by atoms with Crippen molar-refractivity contribution < 1.29 is 13.6 Å². The van der Waals surface area contributed by atoms with Crippen LogP contribution in [0.5, 0.6) is 0 Å². The summed E-state index contributed by atoms with van der Waals surface area (Å²) in [5.41, 5.74) is -0.0883. The van der Waals surface area contributed by atoms with Crippen molar-refractivity contribution >= 4 is 29.7 Å². The standard InChI is InChI=1S/C12H18F2N4OS.ClH/c1-11(2,3)10-18-17-8(20-10)5-15-9(19)7-4-12(13,14)6-16-7;/h7,16H,4-6H2,1-3H3,(H,15,19);1H. The fraction of sp³-hybridized carbons (Fsp3) is 0.750. The molecule has 2 N–H and O–H groups in total. The Morgan fingerprint density at radius 3 is 2.62 bits per heavy atom. The maximum absolute atomic E-state index is 13.0. The molecule has 0 spiro atoms. The van der Waals surface area contributed by atoms with Crippen molar-refractivity contribution in [2.45, 2.75) is 51.1 Å². The van der Waals surface area contributed by atoms with E-state index in [0.29, 0.717) is 5.01 Å². The molecule has 120 valence electrons. The van der Waals surface area contributed by atoms with Gasteiger partial charge >= 0.3 is 0 Å². The SMILES string of the molecule is CC(C)(C)c1nnc(CNC(=O)C2CC(F)(F)CN2)s1.Cl. The van der Waals surface area contributed by atoms with Gasteiger partial charge < -0.3 is 5.32 Å². The minimum atomic E-state index is -2.80. The fourth-order valence-corrected chi connectivity index (χ4v) is 2.65. The van der Waals surface area contributed by atoms with Gasteiger partial charge in [0.15, 0.2) is 0 Å². The van der Waals surface area contributed by atoms with Gasteiger partial charge in [0.25, 0.3) is 5.92 Å². The summed E-state index contributed by atoms with van der Waals surface area (Å²) in [6, 6.07) is -0.833. The van der Waals surface area contributed by atoms with Crippen LogP contribution in [0.25, 0.3) is 0 Å². The summed E-state index contributed by atoms with van der Waals surface area (Å²) in [5, 5.41) is 14.8. The van der Waals surface area contributed by atoms with Crippen LogP contribution in [0.1, 0.15) is 37.2 Å². The first kappa shape index (κ1) is 18.2. The maximum atomic E-state index is 13.0. The van der Waals surface area contributed by atoms with Gasteiger partial charge in [0.05, 0.1) is 19.1 Å². The highest BCUT2D eigenvalue weighted by Gasteiger charge is 2.42. The number of carbonyl (C=O) groups excluding carboxylic acids is 1. The van der Waals surface area contributed by atoms with E-state index in [1.54, 1.807) is 0 Å². The number of nitrogens with one attached hydrogen (secondary N) is 2. The van der Waals surface area contributed by atoms with E-state index in [0.717, 1.165) is 5.01 Å². The maximum Gasteiger partial charge on any atom is 0.262 e. The molecular formula is C12H19ClF2N4OS. The number of amides is 1. The van der Waals surface area contributed by atoms with E-state index in [1.807, 2.05) is 20.8 Å². The minimum absolute atomic E-state index is 0. The van der Waals surface area contributed by atoms with E-state index in [4.69, 9.17) is 0 Å². The number of hydrogen-bond donors (Lipinski definition) is 2. The first-order valence-corrected chi connectivity index (χ1v) is 7.21. The first-order chi connectivity index (χ1) is 9.17. The number of alkyl halides is 2. The number of carbonyl (C=O) groups is 1. The molecule has 1 saturated heterocycles. The lowest BCUT2D eigenvalue weighted by atomic mass is 9.98. The molecule has 2 heterocycles. The van der Waals surface area contributed by atoms with Crippen LogP contribution >= 0.6 is 23.7 Å². The monoisotopic (exact) mass is 340 g/mol. The summed E-state index contributed by atoms with van der Waals surface area (Å²) < 4.78 is 26.0. The van der Waals surface area contributed by atoms with Gasteiger partial charge in [-0.2, -0.15) is 0 Å². The lowest BCUT2D eigenvalue weighted by Crippen LogP contribution is -2.40. The Kier molecular flexibility index (Phi) is 5.63. The largest absolute Gasteiger partial charge is 0.348 e. The molecule has 1 unspecified atom stereocenters. The Bertz CT molecular complexity index is 504. The predicted octanol–water partition coefficient (Wildman–Crippen LogP) is 1.87. The van der Waals surface area contributed by atoms with Crippen LogP contribution < -0.4 is 10.6 Å². The molecule has 1 atom stereocenters. The second kappa shape index (κ2) is 6.50. The molecule has 0 aliphatic carbocycles. The Hall–Kier alpha value is -0.860. The van der Waals surface area contributed by atoms with Crippen molar-refractivity contribution in [1.29, 1.82) is 0 Å². The zero-order chi connectivity index (χ0) is 15.0. The smallest absolute Gasteiger partial charge is 0.262 e. The number of aromatic nitrogens is 2. The van der Waals surface area contributed by atoms with E-state index < -0.39 is 30.8 Å². The molecule has 1 aliphatic heterocycles. The normalized spacial score (nSPS) is 20.9. The summed E-state index contributed by atoms with van der Waals surface area (Å²) in [6.07, 6.45) is -0.456. The molecule has 1 aliphatic rings. The zero-order valence-electron chi connectivity index (χ0n) is 12.1. The second-order valence-electron chi connectivity index (χ2n) is 5.96. The molecule has 0 radical (unpaired) electrons. The molecule has 2 rings (SSSR count). The highest BCUT2D eigenvalue weighted by Crippen LogP contribution is 2.26. The third-order valence-electron chi connectivity index (χ3n) is 2.95. The van der Waals surface area contributed by atoms with Crippen LogP contribution in [0.4, 0.5) is 8.78 Å². The van der Waals surface area contributed by atoms with Gasteiger partial charge in [0.1, 0.15) is 10.0 Å². The Balaban J connectivity index is 0.00000220. The van der Waals surface area contributed by atoms with Gasteiger partial charge in [0, 0.05) is 11.8 Å². The highest BCUT2D eigenvalue weighted by molar-refractivity contribution is 7.11. The Morgan fingerprint density at radius 1 is 1.48 bits per heavy atom. The van der Waals surface area contributed by atoms with Gasteiger partial charge in [-0.1, -0.05) is 32.1 Å². The summed E-state index contributed by atoms with van der Waals surface area (Å²) in [7, 11) is 0. The molecule has 0 aromatic carbocycles. The molecule has 1 fully saturated rings. The van der Waals surface area contributed by atoms with E-state index in [1.165, 1.54) is 11.3 Å². The van der Waals surface area contributed by atoms with Crippen LogP contribution in [0.2, 0.25) is 0 Å². The van der Waals surface area contributed by atoms with E-state index in [2.05, 4.69) is 20.8 Å². The first-order valence-electron chi connectivity index (χ1n) is 6.39. The second-order valence-corrected chi connectivity index (χ2v) is 7.02. The molecule has 5 nitrogen and oxygen atoms in total. The molecule has 1 aromatic rings. The average Bonchev–Trinajstić information content (AvgIpc) is 2.91. The van der Waals surface area contributed by atoms with Gasteiger partial charge in [0.2, 0.25) is 5.91 Å². The van der Waals surface area contributed by atoms with Crippen LogP contribution in [0.3, 0.4) is 0 Å². The van der Waals surface area contributed by atoms with E-state index >= 15 is 0 Å². The minimum Gasteiger partial charge on any atom is -0.348 e. The highest BCUT2D eigenvalue weighted by atomic mass is 35.5. The molecule has 1 aromatic heterocycles. The molecular weight excluding hydrogens is 322 g/mol. The number of halogens is 3. The fourth-order valence-electron chi connectivity index (χ4n) is 1.81. The zero-order valence-corrected chi connectivity index (χ0v) is 13.7. The van der Waals surface area contributed by atoms with Gasteiger partial charge in [-0.25, -0.2) is 8.78 Å². The molecule has 1 amide bonds. The van der Waals surface area contributed by atoms with Crippen molar-refractivity contribution in [2.75, 3.05) is 6.54 Å². The van der Waals surface area contributed by atoms with Crippen LogP contribution in [-0.2, 0) is 16.8 Å². The number of nitrogens with zero attached hydrogens (tertiary/aromatic N) is 2. The lowest BCUT2D eigenvalue weighted by molar-refractivity contribution is -0.123. The Morgan fingerprint density at radius 2 is 2.14 bits per heavy atom. The number of rotatable bonds is 3. The summed E-state index contributed by atoms with van der Waals surface area (Å²) in [6.45, 7) is 5.86. The van der Waals surface area contributed by atoms with Crippen LogP contribution in [0.15, 0.2) is 0 Å². The predicted molar refractivity (Wildman–Crippen MR) is 79.1 cm³/mol. The third-order valence-corrected chi connectivity index (χ3v) is 4.30. The van der Waals surface area contributed by atoms with E-state index in [-0.39, 0.29) is 24.4 Å². The molecule has 0 saturated carbocycles. The summed E-state index contributed by atoms with van der Waals surface area (Å²) in [5.74, 6) is -3.22. The van der Waals surface area contributed by atoms with Crippen LogP contribution in [-0.4, -0.2) is 34.6 Å². The van der Waals surface area contributed by atoms with Crippen molar-refractivity contribution in [1.82, 2.24) is 20.8 Å². The molecule has 0 bridgehead atoms. The van der Waals surface area contributed by atoms with Crippen molar-refractivity contribution in [3.8, 4) is 0 Å². The topological polar surface area (TPSA) is 66.9 Å². The summed E-state index contributed by atoms with van der Waals surface area (Å²) >= 11 is 1.42. The van der Waals surface area contributed by atoms with Crippen molar-refractivity contribution in [3.63, 3.8) is 0 Å². The number of hydrogen-bond acceptors (Lipinski definition) is 5. The lowest BCUT2D eigenvalue weighted by Gasteiger charge is -2.12.